The summed E-state index contributed by atoms with van der Waals surface area (Å²) in [5, 5.41) is 5.02. The number of allylic oxidation sites excluding steroid dienone is 3. The normalized spacial score (nSPS) is 12.7. The molecule has 37 heavy (non-hydrogen) atoms. The monoisotopic (exact) mass is 516 g/mol. The summed E-state index contributed by atoms with van der Waals surface area (Å²) in [5.74, 6) is -1.61. The summed E-state index contributed by atoms with van der Waals surface area (Å²) in [6.45, 7) is 3.78. The molecular formula is C29H27F2N4OP. The van der Waals surface area contributed by atoms with Crippen molar-refractivity contribution < 1.29 is 13.6 Å². The van der Waals surface area contributed by atoms with E-state index < -0.39 is 17.7 Å². The third-order valence-corrected chi connectivity index (χ3v) is 6.24. The molecule has 0 bridgehead atoms. The zero-order valence-electron chi connectivity index (χ0n) is 20.3. The molecule has 1 amide bonds. The van der Waals surface area contributed by atoms with Crippen LogP contribution in [0.4, 0.5) is 8.78 Å². The first-order valence-electron chi connectivity index (χ1n) is 11.7. The van der Waals surface area contributed by atoms with Crippen molar-refractivity contribution in [1.82, 2.24) is 15.3 Å². The van der Waals surface area contributed by atoms with E-state index in [1.807, 2.05) is 30.5 Å². The maximum atomic E-state index is 14.0. The molecule has 4 aromatic rings. The number of aromatic amines is 1. The minimum Gasteiger partial charge on any atom is -0.361 e. The quantitative estimate of drug-likeness (QED) is 0.181. The Morgan fingerprint density at radius 1 is 1.22 bits per heavy atom. The lowest BCUT2D eigenvalue weighted by Gasteiger charge is -2.22. The van der Waals surface area contributed by atoms with Crippen molar-refractivity contribution in [2.24, 2.45) is 4.99 Å². The van der Waals surface area contributed by atoms with Gasteiger partial charge in [0.15, 0.2) is 0 Å². The molecule has 2 aromatic heterocycles. The Hall–Kier alpha value is -3.96. The van der Waals surface area contributed by atoms with E-state index in [1.165, 1.54) is 12.1 Å². The number of benzene rings is 2. The Labute approximate surface area is 216 Å². The predicted octanol–water partition coefficient (Wildman–Crippen LogP) is 5.25. The van der Waals surface area contributed by atoms with Gasteiger partial charge in [0.2, 0.25) is 5.91 Å². The number of carbonyl (C=O) groups excluding carboxylic acids is 1. The molecule has 0 spiro atoms. The molecule has 0 fully saturated rings. The van der Waals surface area contributed by atoms with Crippen LogP contribution in [-0.4, -0.2) is 29.1 Å². The smallest absolute Gasteiger partial charge is 0.225 e. The molecule has 0 saturated heterocycles. The predicted molar refractivity (Wildman–Crippen MR) is 149 cm³/mol. The maximum Gasteiger partial charge on any atom is 0.225 e. The Morgan fingerprint density at radius 3 is 2.73 bits per heavy atom. The van der Waals surface area contributed by atoms with Gasteiger partial charge in [-0.2, -0.15) is 0 Å². The van der Waals surface area contributed by atoms with Gasteiger partial charge in [-0.05, 0) is 53.2 Å². The number of hydrogen-bond acceptors (Lipinski definition) is 3. The fourth-order valence-corrected chi connectivity index (χ4v) is 4.61. The summed E-state index contributed by atoms with van der Waals surface area (Å²) >= 11 is 0. The number of carbonyl (C=O) groups is 1. The number of nitrogens with zero attached hydrogens (tertiary/aromatic N) is 2. The highest BCUT2D eigenvalue weighted by Gasteiger charge is 2.22. The number of fused-ring (bicyclic) bond motifs is 1. The Bertz CT molecular complexity index is 1490. The molecule has 2 atom stereocenters. The lowest BCUT2D eigenvalue weighted by molar-refractivity contribution is -0.121. The van der Waals surface area contributed by atoms with Crippen LogP contribution in [0.15, 0.2) is 84.6 Å². The minimum absolute atomic E-state index is 0.121. The Morgan fingerprint density at radius 2 is 2.00 bits per heavy atom. The minimum atomic E-state index is -0.682. The second-order valence-electron chi connectivity index (χ2n) is 8.58. The largest absolute Gasteiger partial charge is 0.361 e. The SMILES string of the molecule is C=C/C=C(\C=NC)c1cccnc1C(Cc1cc(F)cc(F)c1)NC(=O)Cc1c[nH]c2ccc(P)cc12. The lowest BCUT2D eigenvalue weighted by atomic mass is 9.95. The number of aliphatic imine (C=N–C) groups is 1. The van der Waals surface area contributed by atoms with Crippen molar-refractivity contribution in [1.29, 1.82) is 0 Å². The second kappa shape index (κ2) is 11.8. The number of hydrogen-bond donors (Lipinski definition) is 2. The number of rotatable bonds is 9. The summed E-state index contributed by atoms with van der Waals surface area (Å²) < 4.78 is 28.0. The molecule has 0 radical (unpaired) electrons. The average molecular weight is 517 g/mol. The fraction of sp³-hybridized carbons (Fsp3) is 0.138. The second-order valence-corrected chi connectivity index (χ2v) is 9.25. The van der Waals surface area contributed by atoms with Crippen LogP contribution in [0.5, 0.6) is 0 Å². The summed E-state index contributed by atoms with van der Waals surface area (Å²) in [6, 6.07) is 12.3. The van der Waals surface area contributed by atoms with Crippen molar-refractivity contribution in [3.8, 4) is 0 Å². The van der Waals surface area contributed by atoms with E-state index in [-0.39, 0.29) is 18.7 Å². The van der Waals surface area contributed by atoms with Gasteiger partial charge < -0.3 is 10.3 Å². The number of pyridine rings is 1. The van der Waals surface area contributed by atoms with Crippen LogP contribution in [0.1, 0.15) is 28.4 Å². The van der Waals surface area contributed by atoms with Crippen LogP contribution in [0.2, 0.25) is 0 Å². The van der Waals surface area contributed by atoms with E-state index in [4.69, 9.17) is 0 Å². The lowest BCUT2D eigenvalue weighted by Crippen LogP contribution is -2.32. The van der Waals surface area contributed by atoms with Crippen LogP contribution in [0, 0.1) is 11.6 Å². The van der Waals surface area contributed by atoms with Gasteiger partial charge >= 0.3 is 0 Å². The first-order valence-corrected chi connectivity index (χ1v) is 12.3. The molecule has 0 aliphatic heterocycles. The van der Waals surface area contributed by atoms with Crippen molar-refractivity contribution in [2.75, 3.05) is 7.05 Å². The molecule has 0 aliphatic rings. The molecule has 2 heterocycles. The van der Waals surface area contributed by atoms with E-state index in [0.29, 0.717) is 11.3 Å². The molecule has 188 valence electrons. The van der Waals surface area contributed by atoms with Crippen LogP contribution in [0.25, 0.3) is 16.5 Å². The van der Waals surface area contributed by atoms with Gasteiger partial charge in [-0.3, -0.25) is 14.8 Å². The standard InChI is InChI=1S/C29H27F2N4OP/c1-3-5-19(16-32-2)24-6-4-9-33-29(24)27(12-18-10-21(30)14-22(31)11-18)35-28(36)13-20-17-34-26-8-7-23(37)15-25(20)26/h3-11,14-17,27,34H,1,12-13,37H2,2H3,(H,35,36)/b19-5+,32-16?. The third-order valence-electron chi connectivity index (χ3n) is 5.89. The molecule has 8 heteroatoms. The Balaban J connectivity index is 1.71. The summed E-state index contributed by atoms with van der Waals surface area (Å²) in [4.78, 5) is 25.2. The number of aromatic nitrogens is 2. The van der Waals surface area contributed by atoms with Crippen molar-refractivity contribution in [3.05, 3.63) is 114 Å². The van der Waals surface area contributed by atoms with E-state index in [1.54, 1.807) is 37.7 Å². The van der Waals surface area contributed by atoms with Crippen molar-refractivity contribution in [2.45, 2.75) is 18.9 Å². The van der Waals surface area contributed by atoms with Crippen LogP contribution >= 0.6 is 9.24 Å². The van der Waals surface area contributed by atoms with E-state index >= 15 is 0 Å². The zero-order valence-corrected chi connectivity index (χ0v) is 21.5. The van der Waals surface area contributed by atoms with Gasteiger partial charge in [-0.25, -0.2) is 8.78 Å². The molecule has 0 saturated carbocycles. The number of halogens is 2. The fourth-order valence-electron chi connectivity index (χ4n) is 4.35. The molecule has 0 aliphatic carbocycles. The highest BCUT2D eigenvalue weighted by atomic mass is 31.0. The first kappa shape index (κ1) is 26.1. The van der Waals surface area contributed by atoms with E-state index in [2.05, 4.69) is 36.1 Å². The van der Waals surface area contributed by atoms with Gasteiger partial charge in [0.1, 0.15) is 11.6 Å². The van der Waals surface area contributed by atoms with Crippen LogP contribution in [-0.2, 0) is 17.6 Å². The zero-order chi connectivity index (χ0) is 26.4. The molecule has 4 rings (SSSR count). The maximum absolute atomic E-state index is 14.0. The van der Waals surface area contributed by atoms with Gasteiger partial charge in [-0.15, -0.1) is 9.24 Å². The van der Waals surface area contributed by atoms with Gasteiger partial charge in [-0.1, -0.05) is 30.9 Å². The van der Waals surface area contributed by atoms with E-state index in [0.717, 1.165) is 39.0 Å². The average Bonchev–Trinajstić information content (AvgIpc) is 3.24. The van der Waals surface area contributed by atoms with Crippen molar-refractivity contribution in [3.63, 3.8) is 0 Å². The third kappa shape index (κ3) is 6.43. The Kier molecular flexibility index (Phi) is 8.36. The molecular weight excluding hydrogens is 489 g/mol. The highest BCUT2D eigenvalue weighted by molar-refractivity contribution is 7.27. The molecule has 2 unspecified atom stereocenters. The molecule has 2 aromatic carbocycles. The molecule has 5 nitrogen and oxygen atoms in total. The number of nitrogens with one attached hydrogen (secondary N) is 2. The highest BCUT2D eigenvalue weighted by Crippen LogP contribution is 2.26. The molecule has 2 N–H and O–H groups in total. The van der Waals surface area contributed by atoms with Crippen LogP contribution < -0.4 is 10.6 Å². The first-order chi connectivity index (χ1) is 17.9. The number of H-pyrrole nitrogens is 1. The number of amides is 1. The summed E-state index contributed by atoms with van der Waals surface area (Å²) in [7, 11) is 4.31. The summed E-state index contributed by atoms with van der Waals surface area (Å²) in [6.07, 6.45) is 8.81. The van der Waals surface area contributed by atoms with Gasteiger partial charge in [0.25, 0.3) is 0 Å². The van der Waals surface area contributed by atoms with E-state index in [9.17, 15) is 13.6 Å². The van der Waals surface area contributed by atoms with Crippen LogP contribution in [0.3, 0.4) is 0 Å². The van der Waals surface area contributed by atoms with Crippen molar-refractivity contribution >= 4 is 43.1 Å². The topological polar surface area (TPSA) is 70.1 Å². The summed E-state index contributed by atoms with van der Waals surface area (Å²) in [5.41, 5.74) is 4.21. The van der Waals surface area contributed by atoms with Gasteiger partial charge in [0.05, 0.1) is 18.2 Å². The van der Waals surface area contributed by atoms with Gasteiger partial charge in [0, 0.05) is 53.8 Å².